The smallest absolute Gasteiger partial charge is 0.214 e. The van der Waals surface area contributed by atoms with Gasteiger partial charge in [0.1, 0.15) is 5.69 Å². The van der Waals surface area contributed by atoms with E-state index in [0.29, 0.717) is 11.3 Å². The summed E-state index contributed by atoms with van der Waals surface area (Å²) >= 11 is 3.29. The van der Waals surface area contributed by atoms with Crippen molar-refractivity contribution >= 4 is 21.7 Å². The van der Waals surface area contributed by atoms with Gasteiger partial charge in [-0.1, -0.05) is 6.92 Å². The summed E-state index contributed by atoms with van der Waals surface area (Å²) < 4.78 is 2.63. The number of hydrogen-bond acceptors (Lipinski definition) is 3. The standard InChI is InChI=1S/C12H12BrN3O/c1-2-5-16-8-9(6-15-16)12(17)11-4-3-10(13)7-14-11/h3-4,6-8H,2,5H2,1H3. The lowest BCUT2D eigenvalue weighted by Crippen LogP contribution is -2.03. The van der Waals surface area contributed by atoms with Crippen molar-refractivity contribution in [2.24, 2.45) is 0 Å². The number of aromatic nitrogens is 3. The molecular formula is C12H12BrN3O. The molecule has 0 aliphatic carbocycles. The molecule has 0 aliphatic heterocycles. The highest BCUT2D eigenvalue weighted by molar-refractivity contribution is 9.10. The minimum absolute atomic E-state index is 0.0974. The lowest BCUT2D eigenvalue weighted by Gasteiger charge is -1.97. The number of ketones is 1. The molecule has 0 radical (unpaired) electrons. The molecule has 2 heterocycles. The molecule has 0 N–H and O–H groups in total. The van der Waals surface area contributed by atoms with Gasteiger partial charge in [0.15, 0.2) is 0 Å². The Hall–Kier alpha value is -1.49. The van der Waals surface area contributed by atoms with Gasteiger partial charge in [0.25, 0.3) is 0 Å². The maximum Gasteiger partial charge on any atom is 0.214 e. The maximum absolute atomic E-state index is 12.0. The van der Waals surface area contributed by atoms with Gasteiger partial charge in [0, 0.05) is 23.4 Å². The fourth-order valence-corrected chi connectivity index (χ4v) is 1.72. The van der Waals surface area contributed by atoms with Gasteiger partial charge in [0.05, 0.1) is 11.8 Å². The van der Waals surface area contributed by atoms with Crippen LogP contribution < -0.4 is 0 Å². The lowest BCUT2D eigenvalue weighted by atomic mass is 10.1. The predicted molar refractivity (Wildman–Crippen MR) is 67.9 cm³/mol. The second-order valence-electron chi connectivity index (χ2n) is 3.68. The number of pyridine rings is 1. The highest BCUT2D eigenvalue weighted by Crippen LogP contribution is 2.11. The van der Waals surface area contributed by atoms with Crippen LogP contribution in [0.3, 0.4) is 0 Å². The van der Waals surface area contributed by atoms with E-state index in [1.165, 1.54) is 0 Å². The van der Waals surface area contributed by atoms with Crippen LogP contribution in [0.15, 0.2) is 35.2 Å². The Balaban J connectivity index is 2.21. The number of hydrogen-bond donors (Lipinski definition) is 0. The molecule has 0 atom stereocenters. The van der Waals surface area contributed by atoms with Crippen LogP contribution in [-0.2, 0) is 6.54 Å². The summed E-state index contributed by atoms with van der Waals surface area (Å²) in [5, 5.41) is 4.13. The van der Waals surface area contributed by atoms with Crippen LogP contribution in [0.2, 0.25) is 0 Å². The van der Waals surface area contributed by atoms with Gasteiger partial charge < -0.3 is 0 Å². The normalized spacial score (nSPS) is 10.5. The maximum atomic E-state index is 12.0. The number of carbonyl (C=O) groups is 1. The van der Waals surface area contributed by atoms with E-state index in [1.54, 1.807) is 35.4 Å². The van der Waals surface area contributed by atoms with E-state index in [1.807, 2.05) is 0 Å². The van der Waals surface area contributed by atoms with Crippen molar-refractivity contribution in [3.8, 4) is 0 Å². The minimum Gasteiger partial charge on any atom is -0.287 e. The first kappa shape index (κ1) is 12.0. The highest BCUT2D eigenvalue weighted by atomic mass is 79.9. The predicted octanol–water partition coefficient (Wildman–Crippen LogP) is 2.68. The Morgan fingerprint density at radius 2 is 2.24 bits per heavy atom. The van der Waals surface area contributed by atoms with Gasteiger partial charge in [-0.15, -0.1) is 0 Å². The molecule has 0 spiro atoms. The van der Waals surface area contributed by atoms with Gasteiger partial charge in [0.2, 0.25) is 5.78 Å². The summed E-state index contributed by atoms with van der Waals surface area (Å²) in [6.45, 7) is 2.89. The first-order chi connectivity index (χ1) is 8.20. The zero-order valence-electron chi connectivity index (χ0n) is 9.43. The van der Waals surface area contributed by atoms with Gasteiger partial charge in [-0.25, -0.2) is 0 Å². The summed E-state index contributed by atoms with van der Waals surface area (Å²) in [4.78, 5) is 16.1. The molecule has 0 aliphatic rings. The third-order valence-electron chi connectivity index (χ3n) is 2.31. The van der Waals surface area contributed by atoms with Crippen molar-refractivity contribution in [1.82, 2.24) is 14.8 Å². The molecule has 2 aromatic rings. The largest absolute Gasteiger partial charge is 0.287 e. The van der Waals surface area contributed by atoms with Crippen LogP contribution in [-0.4, -0.2) is 20.5 Å². The Morgan fingerprint density at radius 1 is 1.41 bits per heavy atom. The zero-order chi connectivity index (χ0) is 12.3. The van der Waals surface area contributed by atoms with Crippen molar-refractivity contribution in [3.63, 3.8) is 0 Å². The average molecular weight is 294 g/mol. The SMILES string of the molecule is CCCn1cc(C(=O)c2ccc(Br)cn2)cn1. The van der Waals surface area contributed by atoms with Gasteiger partial charge >= 0.3 is 0 Å². The third-order valence-corrected chi connectivity index (χ3v) is 2.78. The first-order valence-electron chi connectivity index (χ1n) is 5.39. The van der Waals surface area contributed by atoms with Gasteiger partial charge in [-0.2, -0.15) is 5.10 Å². The molecule has 88 valence electrons. The molecule has 4 nitrogen and oxygen atoms in total. The van der Waals surface area contributed by atoms with E-state index >= 15 is 0 Å². The van der Waals surface area contributed by atoms with Crippen molar-refractivity contribution in [3.05, 3.63) is 46.5 Å². The molecule has 0 aromatic carbocycles. The number of carbonyl (C=O) groups excluding carboxylic acids is 1. The number of nitrogens with zero attached hydrogens (tertiary/aromatic N) is 3. The van der Waals surface area contributed by atoms with Crippen molar-refractivity contribution in [2.45, 2.75) is 19.9 Å². The van der Waals surface area contributed by atoms with Crippen LogP contribution in [0.25, 0.3) is 0 Å². The Bertz CT molecular complexity index is 519. The minimum atomic E-state index is -0.0974. The second-order valence-corrected chi connectivity index (χ2v) is 4.60. The molecular weight excluding hydrogens is 282 g/mol. The Kier molecular flexibility index (Phi) is 3.68. The molecule has 0 fully saturated rings. The van der Waals surface area contributed by atoms with E-state index in [9.17, 15) is 4.79 Å². The third kappa shape index (κ3) is 2.79. The van der Waals surface area contributed by atoms with Gasteiger partial charge in [-0.3, -0.25) is 14.5 Å². The van der Waals surface area contributed by atoms with E-state index in [-0.39, 0.29) is 5.78 Å². The molecule has 17 heavy (non-hydrogen) atoms. The number of aryl methyl sites for hydroxylation is 1. The second kappa shape index (κ2) is 5.23. The summed E-state index contributed by atoms with van der Waals surface area (Å²) in [5.74, 6) is -0.0974. The van der Waals surface area contributed by atoms with E-state index in [0.717, 1.165) is 17.4 Å². The zero-order valence-corrected chi connectivity index (χ0v) is 11.0. The summed E-state index contributed by atoms with van der Waals surface area (Å²) in [7, 11) is 0. The quantitative estimate of drug-likeness (QED) is 0.815. The fourth-order valence-electron chi connectivity index (χ4n) is 1.49. The van der Waals surface area contributed by atoms with Crippen molar-refractivity contribution < 1.29 is 4.79 Å². The number of rotatable bonds is 4. The van der Waals surface area contributed by atoms with Gasteiger partial charge in [-0.05, 0) is 34.5 Å². The topological polar surface area (TPSA) is 47.8 Å². The van der Waals surface area contributed by atoms with Crippen molar-refractivity contribution in [2.75, 3.05) is 0 Å². The van der Waals surface area contributed by atoms with Crippen LogP contribution in [0.4, 0.5) is 0 Å². The fraction of sp³-hybridized carbons (Fsp3) is 0.250. The number of halogens is 1. The Morgan fingerprint density at radius 3 is 2.88 bits per heavy atom. The van der Waals surface area contributed by atoms with Crippen LogP contribution >= 0.6 is 15.9 Å². The van der Waals surface area contributed by atoms with Crippen molar-refractivity contribution in [1.29, 1.82) is 0 Å². The highest BCUT2D eigenvalue weighted by Gasteiger charge is 2.12. The summed E-state index contributed by atoms with van der Waals surface area (Å²) in [6.07, 6.45) is 5.95. The molecule has 0 unspecified atom stereocenters. The van der Waals surface area contributed by atoms with Crippen LogP contribution in [0.5, 0.6) is 0 Å². The molecule has 0 amide bonds. The van der Waals surface area contributed by atoms with Crippen LogP contribution in [0, 0.1) is 0 Å². The van der Waals surface area contributed by atoms with Crippen LogP contribution in [0.1, 0.15) is 29.4 Å². The Labute approximate surface area is 108 Å². The van der Waals surface area contributed by atoms with E-state index in [2.05, 4.69) is 32.9 Å². The molecule has 0 saturated carbocycles. The molecule has 0 saturated heterocycles. The van der Waals surface area contributed by atoms with E-state index < -0.39 is 0 Å². The lowest BCUT2D eigenvalue weighted by molar-refractivity contribution is 0.103. The average Bonchev–Trinajstić information content (AvgIpc) is 2.78. The summed E-state index contributed by atoms with van der Waals surface area (Å²) in [6, 6.07) is 3.50. The molecule has 0 bridgehead atoms. The van der Waals surface area contributed by atoms with E-state index in [4.69, 9.17) is 0 Å². The first-order valence-corrected chi connectivity index (χ1v) is 6.18. The molecule has 2 rings (SSSR count). The summed E-state index contributed by atoms with van der Waals surface area (Å²) in [5.41, 5.74) is 1.01. The molecule has 2 aromatic heterocycles. The monoisotopic (exact) mass is 293 g/mol. The molecule has 5 heteroatoms.